The van der Waals surface area contributed by atoms with Crippen LogP contribution in [0.4, 0.5) is 0 Å². The lowest BCUT2D eigenvalue weighted by atomic mass is 10.1. The van der Waals surface area contributed by atoms with Gasteiger partial charge in [-0.05, 0) is 31.8 Å². The third kappa shape index (κ3) is 12.7. The van der Waals surface area contributed by atoms with Crippen LogP contribution in [-0.4, -0.2) is 27.8 Å². The highest BCUT2D eigenvalue weighted by atomic mass is 127. The predicted octanol–water partition coefficient (Wildman–Crippen LogP) is 6.09. The third-order valence-electron chi connectivity index (χ3n) is 2.97. The van der Waals surface area contributed by atoms with Crippen molar-refractivity contribution in [2.75, 3.05) is 13.6 Å². The second-order valence-corrected chi connectivity index (χ2v) is 6.60. The molecule has 0 aromatic carbocycles. The van der Waals surface area contributed by atoms with Crippen molar-refractivity contribution in [3.05, 3.63) is 48.1 Å². The van der Waals surface area contributed by atoms with Gasteiger partial charge in [0.05, 0.1) is 35.8 Å². The first-order chi connectivity index (χ1) is 12.1. The maximum atomic E-state index is 5.99. The maximum Gasteiger partial charge on any atom is 0.230 e. The molecule has 0 aliphatic carbocycles. The van der Waals surface area contributed by atoms with Gasteiger partial charge in [0.1, 0.15) is 5.17 Å². The standard InChI is InChI=1S/C20H27ClIN3/c1-5-8-10-11-12-15-18(14-9-6-2)16-17-25(22)20(23-4)24-19(21)13-7-3/h3,5,8-9,12,14-16H,6,10-11,13,17H2,1-2,4H3/b8-5-,14-9-,15-12+,18-16+,23-20?,24-19+. The molecule has 0 aromatic rings. The normalized spacial score (nSPS) is 14.0. The number of hydrogen-bond acceptors (Lipinski definition) is 1. The molecule has 0 N–H and O–H groups in total. The minimum atomic E-state index is 0.306. The first kappa shape index (κ1) is 23.7. The molecule has 136 valence electrons. The minimum absolute atomic E-state index is 0.306. The largest absolute Gasteiger partial charge is 0.279 e. The average Bonchev–Trinajstić information content (AvgIpc) is 2.61. The summed E-state index contributed by atoms with van der Waals surface area (Å²) in [6, 6.07) is 0. The van der Waals surface area contributed by atoms with Gasteiger partial charge in [-0.1, -0.05) is 67.0 Å². The van der Waals surface area contributed by atoms with Crippen LogP contribution in [0.2, 0.25) is 0 Å². The number of guanidine groups is 1. The number of hydrogen-bond donors (Lipinski definition) is 0. The van der Waals surface area contributed by atoms with E-state index in [1.807, 2.05) is 10.0 Å². The van der Waals surface area contributed by atoms with Crippen molar-refractivity contribution >= 4 is 45.6 Å². The molecule has 0 aromatic heterocycles. The highest BCUT2D eigenvalue weighted by Gasteiger charge is 2.06. The summed E-state index contributed by atoms with van der Waals surface area (Å²) in [7, 11) is 1.69. The Morgan fingerprint density at radius 1 is 1.24 bits per heavy atom. The van der Waals surface area contributed by atoms with Crippen molar-refractivity contribution < 1.29 is 0 Å². The Morgan fingerprint density at radius 2 is 1.92 bits per heavy atom. The van der Waals surface area contributed by atoms with Crippen molar-refractivity contribution in [1.29, 1.82) is 0 Å². The Bertz CT molecular complexity index is 593. The molecule has 0 aliphatic heterocycles. The van der Waals surface area contributed by atoms with E-state index >= 15 is 0 Å². The van der Waals surface area contributed by atoms with Crippen LogP contribution in [0.25, 0.3) is 0 Å². The molecule has 0 saturated heterocycles. The Labute approximate surface area is 171 Å². The van der Waals surface area contributed by atoms with Crippen molar-refractivity contribution in [3.63, 3.8) is 0 Å². The first-order valence-electron chi connectivity index (χ1n) is 8.30. The van der Waals surface area contributed by atoms with Gasteiger partial charge < -0.3 is 0 Å². The summed E-state index contributed by atoms with van der Waals surface area (Å²) in [5.74, 6) is 3.02. The molecule has 3 nitrogen and oxygen atoms in total. The van der Waals surface area contributed by atoms with Crippen LogP contribution in [-0.2, 0) is 0 Å². The lowest BCUT2D eigenvalue weighted by Crippen LogP contribution is -2.20. The molecule has 5 heteroatoms. The molecular weight excluding hydrogens is 445 g/mol. The van der Waals surface area contributed by atoms with E-state index < -0.39 is 0 Å². The molecule has 0 atom stereocenters. The zero-order chi connectivity index (χ0) is 18.9. The van der Waals surface area contributed by atoms with Crippen molar-refractivity contribution in [2.45, 2.75) is 39.5 Å². The van der Waals surface area contributed by atoms with Crippen molar-refractivity contribution in [3.8, 4) is 12.3 Å². The summed E-state index contributed by atoms with van der Waals surface area (Å²) in [6.45, 7) is 4.83. The fourth-order valence-electron chi connectivity index (χ4n) is 1.74. The van der Waals surface area contributed by atoms with Gasteiger partial charge in [0.15, 0.2) is 0 Å². The molecule has 0 saturated carbocycles. The van der Waals surface area contributed by atoms with Crippen LogP contribution < -0.4 is 0 Å². The summed E-state index contributed by atoms with van der Waals surface area (Å²) >= 11 is 8.17. The molecule has 0 amide bonds. The fraction of sp³-hybridized carbons (Fsp3) is 0.400. The summed E-state index contributed by atoms with van der Waals surface area (Å²) in [4.78, 5) is 8.42. The number of nitrogens with zero attached hydrogens (tertiary/aromatic N) is 3. The Balaban J connectivity index is 4.98. The van der Waals surface area contributed by atoms with Gasteiger partial charge in [0.2, 0.25) is 5.96 Å². The third-order valence-corrected chi connectivity index (χ3v) is 4.01. The second-order valence-electron chi connectivity index (χ2n) is 5.00. The molecule has 0 heterocycles. The van der Waals surface area contributed by atoms with Gasteiger partial charge in [0.25, 0.3) is 0 Å². The lowest BCUT2D eigenvalue weighted by molar-refractivity contribution is 0.796. The Morgan fingerprint density at radius 3 is 2.52 bits per heavy atom. The van der Waals surface area contributed by atoms with Crippen LogP contribution in [0, 0.1) is 12.3 Å². The van der Waals surface area contributed by atoms with E-state index in [2.05, 4.69) is 88.2 Å². The summed E-state index contributed by atoms with van der Waals surface area (Å²) < 4.78 is 1.91. The van der Waals surface area contributed by atoms with Gasteiger partial charge in [-0.3, -0.25) is 8.11 Å². The van der Waals surface area contributed by atoms with E-state index in [9.17, 15) is 0 Å². The fourth-order valence-corrected chi connectivity index (χ4v) is 2.41. The van der Waals surface area contributed by atoms with E-state index in [0.717, 1.165) is 24.8 Å². The van der Waals surface area contributed by atoms with Crippen LogP contribution in [0.3, 0.4) is 0 Å². The molecule has 0 radical (unpaired) electrons. The highest BCUT2D eigenvalue weighted by Crippen LogP contribution is 2.09. The number of unbranched alkanes of at least 4 members (excludes halogenated alkanes) is 1. The molecule has 0 aliphatic rings. The van der Waals surface area contributed by atoms with Crippen molar-refractivity contribution in [1.82, 2.24) is 3.11 Å². The number of rotatable bonds is 9. The van der Waals surface area contributed by atoms with Crippen LogP contribution in [0.1, 0.15) is 39.5 Å². The lowest BCUT2D eigenvalue weighted by Gasteiger charge is -2.13. The minimum Gasteiger partial charge on any atom is -0.279 e. The number of allylic oxidation sites excluding steroid dienone is 7. The van der Waals surface area contributed by atoms with Gasteiger partial charge in [-0.25, -0.2) is 4.99 Å². The number of aliphatic imine (C=N–C) groups is 2. The molecule has 0 unspecified atom stereocenters. The highest BCUT2D eigenvalue weighted by molar-refractivity contribution is 14.1. The molecule has 0 rings (SSSR count). The summed E-state index contributed by atoms with van der Waals surface area (Å²) in [5, 5.41) is 0.365. The molecule has 0 bridgehead atoms. The van der Waals surface area contributed by atoms with E-state index in [0.29, 0.717) is 24.1 Å². The zero-order valence-electron chi connectivity index (χ0n) is 15.3. The zero-order valence-corrected chi connectivity index (χ0v) is 18.2. The Hall–Kier alpha value is -1.32. The molecule has 25 heavy (non-hydrogen) atoms. The molecule has 0 fully saturated rings. The quantitative estimate of drug-likeness (QED) is 0.0584. The van der Waals surface area contributed by atoms with Gasteiger partial charge in [-0.15, -0.1) is 6.42 Å². The van der Waals surface area contributed by atoms with Gasteiger partial charge in [-0.2, -0.15) is 0 Å². The van der Waals surface area contributed by atoms with Crippen LogP contribution in [0.5, 0.6) is 0 Å². The first-order valence-corrected chi connectivity index (χ1v) is 9.64. The van der Waals surface area contributed by atoms with Crippen LogP contribution in [0.15, 0.2) is 58.1 Å². The van der Waals surface area contributed by atoms with Crippen LogP contribution >= 0.6 is 34.5 Å². The molecular formula is C20H27ClIN3. The van der Waals surface area contributed by atoms with E-state index in [1.165, 1.54) is 0 Å². The van der Waals surface area contributed by atoms with Gasteiger partial charge in [0, 0.05) is 7.05 Å². The van der Waals surface area contributed by atoms with Crippen molar-refractivity contribution in [2.24, 2.45) is 9.98 Å². The Kier molecular flexibility index (Phi) is 15.3. The molecule has 0 spiro atoms. The smallest absolute Gasteiger partial charge is 0.230 e. The monoisotopic (exact) mass is 471 g/mol. The average molecular weight is 472 g/mol. The van der Waals surface area contributed by atoms with Gasteiger partial charge >= 0.3 is 0 Å². The van der Waals surface area contributed by atoms with E-state index in [-0.39, 0.29) is 0 Å². The summed E-state index contributed by atoms with van der Waals surface area (Å²) in [6.07, 6.45) is 23.7. The maximum absolute atomic E-state index is 5.99. The number of terminal acetylenes is 1. The second kappa shape index (κ2) is 16.2. The summed E-state index contributed by atoms with van der Waals surface area (Å²) in [5.41, 5.74) is 1.16. The van der Waals surface area contributed by atoms with E-state index in [4.69, 9.17) is 18.0 Å². The topological polar surface area (TPSA) is 28.0 Å². The SMILES string of the molecule is C#CC/C(Cl)=N\C(=NC)N(I)C/C=C(\C=C/CC)/C=C/CC/C=C\C. The predicted molar refractivity (Wildman–Crippen MR) is 122 cm³/mol. The number of halogens is 2. The van der Waals surface area contributed by atoms with E-state index in [1.54, 1.807) is 7.05 Å².